The molecule has 2 unspecified atom stereocenters. The molecule has 0 spiro atoms. The Kier molecular flexibility index (Phi) is 5.41. The van der Waals surface area contributed by atoms with E-state index < -0.39 is 0 Å². The Balaban J connectivity index is 1.84. The Morgan fingerprint density at radius 3 is 3.00 bits per heavy atom. The van der Waals surface area contributed by atoms with Crippen LogP contribution in [0.3, 0.4) is 0 Å². The maximum atomic E-state index is 11.4. The van der Waals surface area contributed by atoms with E-state index in [1.165, 1.54) is 20.0 Å². The summed E-state index contributed by atoms with van der Waals surface area (Å²) in [6.45, 7) is 3.15. The minimum Gasteiger partial charge on any atom is -0.469 e. The van der Waals surface area contributed by atoms with E-state index in [4.69, 9.17) is 14.2 Å². The third kappa shape index (κ3) is 3.93. The van der Waals surface area contributed by atoms with E-state index in [1.807, 2.05) is 0 Å². The van der Waals surface area contributed by atoms with Crippen molar-refractivity contribution in [3.8, 4) is 0 Å². The van der Waals surface area contributed by atoms with Crippen LogP contribution in [0.25, 0.3) is 0 Å². The summed E-state index contributed by atoms with van der Waals surface area (Å²) in [5.74, 6) is -0.111. The number of methoxy groups -OCH3 is 1. The van der Waals surface area contributed by atoms with Gasteiger partial charge >= 0.3 is 5.97 Å². The minimum absolute atomic E-state index is 0.111. The van der Waals surface area contributed by atoms with Gasteiger partial charge in [-0.15, -0.1) is 0 Å². The second kappa shape index (κ2) is 7.07. The van der Waals surface area contributed by atoms with E-state index in [0.717, 1.165) is 32.5 Å². The van der Waals surface area contributed by atoms with Gasteiger partial charge in [-0.3, -0.25) is 9.69 Å². The van der Waals surface area contributed by atoms with E-state index in [-0.39, 0.29) is 12.1 Å². The molecule has 2 saturated heterocycles. The van der Waals surface area contributed by atoms with E-state index in [9.17, 15) is 4.79 Å². The first-order chi connectivity index (χ1) is 8.79. The van der Waals surface area contributed by atoms with Crippen LogP contribution in [0.5, 0.6) is 0 Å². The SMILES string of the molecule is COC(=O)CC1CCCCN1CC1CCOCO1. The summed E-state index contributed by atoms with van der Waals surface area (Å²) in [5, 5.41) is 0. The quantitative estimate of drug-likeness (QED) is 0.707. The van der Waals surface area contributed by atoms with Crippen molar-refractivity contribution in [2.45, 2.75) is 44.2 Å². The molecule has 2 rings (SSSR count). The molecule has 2 fully saturated rings. The second-order valence-electron chi connectivity index (χ2n) is 5.03. The smallest absolute Gasteiger partial charge is 0.307 e. The van der Waals surface area contributed by atoms with E-state index in [2.05, 4.69) is 4.90 Å². The summed E-state index contributed by atoms with van der Waals surface area (Å²) >= 11 is 0. The highest BCUT2D eigenvalue weighted by atomic mass is 16.7. The molecule has 5 nitrogen and oxygen atoms in total. The molecule has 18 heavy (non-hydrogen) atoms. The first-order valence-electron chi connectivity index (χ1n) is 6.80. The predicted octanol–water partition coefficient (Wildman–Crippen LogP) is 1.17. The molecule has 0 aromatic carbocycles. The molecule has 2 atom stereocenters. The van der Waals surface area contributed by atoms with Crippen LogP contribution in [0, 0.1) is 0 Å². The zero-order valence-corrected chi connectivity index (χ0v) is 11.1. The molecule has 0 aliphatic carbocycles. The molecule has 2 aliphatic rings. The third-order valence-electron chi connectivity index (χ3n) is 3.79. The molecule has 5 heteroatoms. The zero-order chi connectivity index (χ0) is 12.8. The standard InChI is InChI=1S/C13H23NO4/c1-16-13(15)8-11-4-2-3-6-14(11)9-12-5-7-17-10-18-12/h11-12H,2-10H2,1H3. The lowest BCUT2D eigenvalue weighted by atomic mass is 9.98. The Bertz CT molecular complexity index is 266. The average molecular weight is 257 g/mol. The fourth-order valence-corrected chi connectivity index (χ4v) is 2.71. The molecule has 2 heterocycles. The van der Waals surface area contributed by atoms with Crippen LogP contribution in [0.1, 0.15) is 32.1 Å². The fraction of sp³-hybridized carbons (Fsp3) is 0.923. The summed E-state index contributed by atoms with van der Waals surface area (Å²) in [5.41, 5.74) is 0. The van der Waals surface area contributed by atoms with E-state index >= 15 is 0 Å². The summed E-state index contributed by atoms with van der Waals surface area (Å²) in [6.07, 6.45) is 5.18. The van der Waals surface area contributed by atoms with Crippen LogP contribution in [-0.4, -0.2) is 56.6 Å². The molecule has 0 saturated carbocycles. The fourth-order valence-electron chi connectivity index (χ4n) is 2.71. The number of ether oxygens (including phenoxy) is 3. The van der Waals surface area contributed by atoms with E-state index in [0.29, 0.717) is 19.3 Å². The van der Waals surface area contributed by atoms with Gasteiger partial charge in [-0.2, -0.15) is 0 Å². The predicted molar refractivity (Wildman–Crippen MR) is 66.2 cm³/mol. The summed E-state index contributed by atoms with van der Waals surface area (Å²) < 4.78 is 15.5. The number of likely N-dealkylation sites (tertiary alicyclic amines) is 1. The second-order valence-corrected chi connectivity index (χ2v) is 5.03. The van der Waals surface area contributed by atoms with Crippen LogP contribution in [0.2, 0.25) is 0 Å². The third-order valence-corrected chi connectivity index (χ3v) is 3.79. The summed E-state index contributed by atoms with van der Waals surface area (Å²) in [6, 6.07) is 0.317. The Labute approximate surface area is 108 Å². The number of esters is 1. The van der Waals surface area contributed by atoms with Gasteiger partial charge in [0.25, 0.3) is 0 Å². The lowest BCUT2D eigenvalue weighted by Crippen LogP contribution is -2.46. The van der Waals surface area contributed by atoms with Crippen molar-refractivity contribution >= 4 is 5.97 Å². The summed E-state index contributed by atoms with van der Waals surface area (Å²) in [7, 11) is 1.46. The molecule has 0 aromatic rings. The van der Waals surface area contributed by atoms with Gasteiger partial charge in [0.2, 0.25) is 0 Å². The Morgan fingerprint density at radius 2 is 2.28 bits per heavy atom. The van der Waals surface area contributed by atoms with Crippen molar-refractivity contribution in [3.63, 3.8) is 0 Å². The van der Waals surface area contributed by atoms with Gasteiger partial charge in [0.15, 0.2) is 0 Å². The monoisotopic (exact) mass is 257 g/mol. The van der Waals surface area contributed by atoms with Crippen LogP contribution in [-0.2, 0) is 19.0 Å². The molecule has 0 amide bonds. The Morgan fingerprint density at radius 1 is 1.39 bits per heavy atom. The first kappa shape index (κ1) is 13.8. The Hall–Kier alpha value is -0.650. The van der Waals surface area contributed by atoms with Gasteiger partial charge in [-0.25, -0.2) is 0 Å². The molecule has 0 bridgehead atoms. The number of rotatable bonds is 4. The first-order valence-corrected chi connectivity index (χ1v) is 6.80. The molecule has 0 radical (unpaired) electrons. The highest BCUT2D eigenvalue weighted by Crippen LogP contribution is 2.21. The maximum absolute atomic E-state index is 11.4. The van der Waals surface area contributed by atoms with E-state index in [1.54, 1.807) is 0 Å². The summed E-state index contributed by atoms with van der Waals surface area (Å²) in [4.78, 5) is 13.8. The van der Waals surface area contributed by atoms with Gasteiger partial charge < -0.3 is 14.2 Å². The van der Waals surface area contributed by atoms with Gasteiger partial charge in [0.1, 0.15) is 6.79 Å². The number of nitrogens with zero attached hydrogens (tertiary/aromatic N) is 1. The highest BCUT2D eigenvalue weighted by Gasteiger charge is 2.28. The highest BCUT2D eigenvalue weighted by molar-refractivity contribution is 5.69. The number of hydrogen-bond donors (Lipinski definition) is 0. The van der Waals surface area contributed by atoms with Gasteiger partial charge in [0.05, 0.1) is 26.2 Å². The van der Waals surface area contributed by atoms with Gasteiger partial charge in [-0.05, 0) is 25.8 Å². The molecule has 104 valence electrons. The van der Waals surface area contributed by atoms with Gasteiger partial charge in [-0.1, -0.05) is 6.42 Å². The van der Waals surface area contributed by atoms with Crippen molar-refractivity contribution in [1.82, 2.24) is 4.90 Å². The van der Waals surface area contributed by atoms with Crippen molar-refractivity contribution in [1.29, 1.82) is 0 Å². The molecule has 2 aliphatic heterocycles. The van der Waals surface area contributed by atoms with Crippen LogP contribution < -0.4 is 0 Å². The average Bonchev–Trinajstić information content (AvgIpc) is 2.42. The van der Waals surface area contributed by atoms with Crippen LogP contribution in [0.15, 0.2) is 0 Å². The number of hydrogen-bond acceptors (Lipinski definition) is 5. The van der Waals surface area contributed by atoms with Crippen LogP contribution in [0.4, 0.5) is 0 Å². The molecule has 0 aromatic heterocycles. The normalized spacial score (nSPS) is 30.1. The van der Waals surface area contributed by atoms with Crippen molar-refractivity contribution in [2.24, 2.45) is 0 Å². The topological polar surface area (TPSA) is 48.0 Å². The lowest BCUT2D eigenvalue weighted by Gasteiger charge is -2.38. The van der Waals surface area contributed by atoms with Crippen LogP contribution >= 0.6 is 0 Å². The lowest BCUT2D eigenvalue weighted by molar-refractivity contribution is -0.151. The van der Waals surface area contributed by atoms with Crippen molar-refractivity contribution in [3.05, 3.63) is 0 Å². The molecule has 0 N–H and O–H groups in total. The number of piperidine rings is 1. The largest absolute Gasteiger partial charge is 0.469 e. The van der Waals surface area contributed by atoms with Crippen molar-refractivity contribution in [2.75, 3.05) is 33.6 Å². The number of carbonyl (C=O) groups is 1. The molecular weight excluding hydrogens is 234 g/mol. The van der Waals surface area contributed by atoms with Crippen molar-refractivity contribution < 1.29 is 19.0 Å². The number of carbonyl (C=O) groups excluding carboxylic acids is 1. The zero-order valence-electron chi connectivity index (χ0n) is 11.1. The minimum atomic E-state index is -0.111. The van der Waals surface area contributed by atoms with Gasteiger partial charge in [0, 0.05) is 12.6 Å². The maximum Gasteiger partial charge on any atom is 0.307 e. The molecular formula is C13H23NO4.